The molecular weight excluding hydrogens is 288 g/mol. The number of sulfone groups is 1. The van der Waals surface area contributed by atoms with Gasteiger partial charge in [0, 0.05) is 23.7 Å². The molecule has 1 saturated heterocycles. The second kappa shape index (κ2) is 5.22. The van der Waals surface area contributed by atoms with E-state index in [1.54, 1.807) is 0 Å². The Morgan fingerprint density at radius 3 is 2.67 bits per heavy atom. The first-order valence-electron chi connectivity index (χ1n) is 7.08. The molecule has 1 fully saturated rings. The summed E-state index contributed by atoms with van der Waals surface area (Å²) in [6.07, 6.45) is 4.55. The van der Waals surface area contributed by atoms with Crippen molar-refractivity contribution < 1.29 is 8.42 Å². The molecule has 0 saturated carbocycles. The molecule has 3 heterocycles. The summed E-state index contributed by atoms with van der Waals surface area (Å²) < 4.78 is 27.1. The minimum absolute atomic E-state index is 0.0194. The van der Waals surface area contributed by atoms with E-state index in [2.05, 4.69) is 10.5 Å². The Bertz CT molecular complexity index is 731. The summed E-state index contributed by atoms with van der Waals surface area (Å²) >= 11 is 0. The predicted molar refractivity (Wildman–Crippen MR) is 81.5 cm³/mol. The molecule has 2 aromatic rings. The van der Waals surface area contributed by atoms with E-state index in [9.17, 15) is 8.42 Å². The van der Waals surface area contributed by atoms with Crippen LogP contribution in [0.3, 0.4) is 0 Å². The molecule has 7 heteroatoms. The zero-order valence-corrected chi connectivity index (χ0v) is 13.1. The first-order valence-corrected chi connectivity index (χ1v) is 8.90. The van der Waals surface area contributed by atoms with E-state index in [1.165, 1.54) is 0 Å². The summed E-state index contributed by atoms with van der Waals surface area (Å²) in [4.78, 5) is 0. The highest BCUT2D eigenvalue weighted by atomic mass is 32.2. The number of hydrogen-bond donors (Lipinski definition) is 1. The molecule has 1 aliphatic heterocycles. The van der Waals surface area contributed by atoms with E-state index in [4.69, 9.17) is 0 Å². The molecule has 21 heavy (non-hydrogen) atoms. The Kier molecular flexibility index (Phi) is 3.52. The van der Waals surface area contributed by atoms with Crippen LogP contribution >= 0.6 is 0 Å². The number of nitrogens with zero attached hydrogens (tertiary/aromatic N) is 3. The van der Waals surface area contributed by atoms with Crippen LogP contribution in [-0.2, 0) is 16.4 Å². The topological polar surface area (TPSA) is 68.9 Å². The largest absolute Gasteiger partial charge is 0.322 e. The highest BCUT2D eigenvalue weighted by Gasteiger charge is 2.31. The maximum Gasteiger partial charge on any atom is 0.152 e. The SMILES string of the molecule is Cc1nn(C2CCS(=O)(=O)C2)c(C)c1CNn1cccc1. The summed E-state index contributed by atoms with van der Waals surface area (Å²) in [5.41, 5.74) is 6.43. The molecule has 114 valence electrons. The zero-order chi connectivity index (χ0) is 15.0. The Balaban J connectivity index is 1.80. The lowest BCUT2D eigenvalue weighted by atomic mass is 10.2. The Morgan fingerprint density at radius 1 is 1.33 bits per heavy atom. The monoisotopic (exact) mass is 308 g/mol. The average Bonchev–Trinajstić information content (AvgIpc) is 3.10. The van der Waals surface area contributed by atoms with Crippen LogP contribution in [0.25, 0.3) is 0 Å². The highest BCUT2D eigenvalue weighted by Crippen LogP contribution is 2.26. The lowest BCUT2D eigenvalue weighted by molar-refractivity contribution is 0.485. The van der Waals surface area contributed by atoms with Crippen molar-refractivity contribution in [1.29, 1.82) is 0 Å². The molecule has 0 bridgehead atoms. The Labute approximate surface area is 124 Å². The van der Waals surface area contributed by atoms with Crippen LogP contribution in [0.15, 0.2) is 24.5 Å². The van der Waals surface area contributed by atoms with Crippen LogP contribution in [0.5, 0.6) is 0 Å². The quantitative estimate of drug-likeness (QED) is 0.927. The van der Waals surface area contributed by atoms with Gasteiger partial charge in [-0.1, -0.05) is 0 Å². The number of rotatable bonds is 4. The lowest BCUT2D eigenvalue weighted by Crippen LogP contribution is -2.15. The van der Waals surface area contributed by atoms with Crippen LogP contribution < -0.4 is 5.43 Å². The summed E-state index contributed by atoms with van der Waals surface area (Å²) in [5, 5.41) is 4.56. The van der Waals surface area contributed by atoms with Crippen molar-refractivity contribution in [2.45, 2.75) is 32.9 Å². The predicted octanol–water partition coefficient (Wildman–Crippen LogP) is 1.40. The number of hydrogen-bond acceptors (Lipinski definition) is 4. The second-order valence-corrected chi connectivity index (χ2v) is 7.80. The van der Waals surface area contributed by atoms with E-state index in [0.29, 0.717) is 13.0 Å². The van der Waals surface area contributed by atoms with Gasteiger partial charge in [-0.2, -0.15) is 5.10 Å². The Morgan fingerprint density at radius 2 is 2.05 bits per heavy atom. The molecule has 3 rings (SSSR count). The van der Waals surface area contributed by atoms with Crippen LogP contribution in [0, 0.1) is 13.8 Å². The molecular formula is C14H20N4O2S. The summed E-state index contributed by atoms with van der Waals surface area (Å²) in [6.45, 7) is 4.66. The van der Waals surface area contributed by atoms with Gasteiger partial charge >= 0.3 is 0 Å². The standard InChI is InChI=1S/C14H20N4O2S/c1-11-14(9-15-17-6-3-4-7-17)12(2)18(16-11)13-5-8-21(19,20)10-13/h3-4,6-7,13,15H,5,8-10H2,1-2H3. The molecule has 1 aliphatic rings. The number of nitrogens with one attached hydrogen (secondary N) is 1. The minimum Gasteiger partial charge on any atom is -0.322 e. The summed E-state index contributed by atoms with van der Waals surface area (Å²) in [5.74, 6) is 0.479. The molecule has 0 aliphatic carbocycles. The molecule has 2 aromatic heterocycles. The third kappa shape index (κ3) is 2.83. The van der Waals surface area contributed by atoms with Crippen molar-refractivity contribution >= 4 is 9.84 Å². The van der Waals surface area contributed by atoms with Gasteiger partial charge in [0.1, 0.15) is 0 Å². The molecule has 6 nitrogen and oxygen atoms in total. The van der Waals surface area contributed by atoms with Crippen molar-refractivity contribution in [3.8, 4) is 0 Å². The fourth-order valence-electron chi connectivity index (χ4n) is 2.89. The van der Waals surface area contributed by atoms with E-state index in [0.717, 1.165) is 17.0 Å². The van der Waals surface area contributed by atoms with Gasteiger partial charge in [0.15, 0.2) is 9.84 Å². The van der Waals surface area contributed by atoms with Crippen molar-refractivity contribution in [3.63, 3.8) is 0 Å². The van der Waals surface area contributed by atoms with Gasteiger partial charge in [0.2, 0.25) is 0 Å². The van der Waals surface area contributed by atoms with Crippen LogP contribution in [0.2, 0.25) is 0 Å². The van der Waals surface area contributed by atoms with Gasteiger partial charge in [-0.3, -0.25) is 9.36 Å². The summed E-state index contributed by atoms with van der Waals surface area (Å²) in [7, 11) is -2.89. The fourth-order valence-corrected chi connectivity index (χ4v) is 4.58. The van der Waals surface area contributed by atoms with E-state index >= 15 is 0 Å². The smallest absolute Gasteiger partial charge is 0.152 e. The van der Waals surface area contributed by atoms with Crippen molar-refractivity contribution in [1.82, 2.24) is 14.5 Å². The van der Waals surface area contributed by atoms with E-state index in [1.807, 2.05) is 47.7 Å². The van der Waals surface area contributed by atoms with Crippen molar-refractivity contribution in [3.05, 3.63) is 41.5 Å². The van der Waals surface area contributed by atoms with Gasteiger partial charge in [0.05, 0.1) is 29.8 Å². The van der Waals surface area contributed by atoms with Gasteiger partial charge in [-0.25, -0.2) is 8.42 Å². The van der Waals surface area contributed by atoms with E-state index < -0.39 is 9.84 Å². The summed E-state index contributed by atoms with van der Waals surface area (Å²) in [6, 6.07) is 3.90. The van der Waals surface area contributed by atoms with Crippen molar-refractivity contribution in [2.24, 2.45) is 0 Å². The first kappa shape index (κ1) is 14.2. The van der Waals surface area contributed by atoms with Crippen LogP contribution in [0.4, 0.5) is 0 Å². The molecule has 1 unspecified atom stereocenters. The van der Waals surface area contributed by atoms with E-state index in [-0.39, 0.29) is 17.5 Å². The van der Waals surface area contributed by atoms with Crippen LogP contribution in [-0.4, -0.2) is 34.4 Å². The third-order valence-electron chi connectivity index (χ3n) is 4.07. The van der Waals surface area contributed by atoms with Gasteiger partial charge in [-0.15, -0.1) is 0 Å². The van der Waals surface area contributed by atoms with Gasteiger partial charge in [0.25, 0.3) is 0 Å². The van der Waals surface area contributed by atoms with Gasteiger partial charge in [-0.05, 0) is 32.4 Å². The zero-order valence-electron chi connectivity index (χ0n) is 12.3. The highest BCUT2D eigenvalue weighted by molar-refractivity contribution is 7.91. The first-order chi connectivity index (χ1) is 9.96. The second-order valence-electron chi connectivity index (χ2n) is 5.58. The Hall–Kier alpha value is -1.76. The van der Waals surface area contributed by atoms with Crippen LogP contribution in [0.1, 0.15) is 29.4 Å². The van der Waals surface area contributed by atoms with Crippen molar-refractivity contribution in [2.75, 3.05) is 16.9 Å². The maximum absolute atomic E-state index is 11.6. The minimum atomic E-state index is -2.89. The lowest BCUT2D eigenvalue weighted by Gasteiger charge is -2.12. The molecule has 0 aromatic carbocycles. The average molecular weight is 308 g/mol. The molecule has 1 atom stereocenters. The molecule has 1 N–H and O–H groups in total. The number of aromatic nitrogens is 3. The molecule has 0 spiro atoms. The normalized spacial score (nSPS) is 20.8. The molecule has 0 radical (unpaired) electrons. The van der Waals surface area contributed by atoms with Gasteiger partial charge < -0.3 is 5.43 Å². The molecule has 0 amide bonds. The number of aryl methyl sites for hydroxylation is 1. The maximum atomic E-state index is 11.6. The third-order valence-corrected chi connectivity index (χ3v) is 5.82. The fraction of sp³-hybridized carbons (Fsp3) is 0.500.